The number of ether oxygens (including phenoxy) is 2. The molecule has 7 heteroatoms. The molecule has 0 amide bonds. The summed E-state index contributed by atoms with van der Waals surface area (Å²) in [5.41, 5.74) is 5.58. The Kier molecular flexibility index (Phi) is 4.22. The monoisotopic (exact) mass is 300 g/mol. The van der Waals surface area contributed by atoms with Crippen LogP contribution in [0.3, 0.4) is 0 Å². The van der Waals surface area contributed by atoms with Gasteiger partial charge in [0, 0.05) is 18.8 Å². The molecular formula is C13H20N2O4S. The van der Waals surface area contributed by atoms with Crippen molar-refractivity contribution in [3.63, 3.8) is 0 Å². The Morgan fingerprint density at radius 3 is 2.85 bits per heavy atom. The highest BCUT2D eigenvalue weighted by Gasteiger charge is 2.32. The van der Waals surface area contributed by atoms with Gasteiger partial charge in [-0.2, -0.15) is 0 Å². The molecule has 112 valence electrons. The van der Waals surface area contributed by atoms with Crippen LogP contribution in [-0.4, -0.2) is 34.3 Å². The van der Waals surface area contributed by atoms with Crippen molar-refractivity contribution in [2.75, 3.05) is 26.0 Å². The first-order valence-electron chi connectivity index (χ1n) is 6.43. The molecular weight excluding hydrogens is 280 g/mol. The van der Waals surface area contributed by atoms with Gasteiger partial charge in [-0.3, -0.25) is 0 Å². The third-order valence-electron chi connectivity index (χ3n) is 3.41. The minimum Gasteiger partial charge on any atom is -0.495 e. The zero-order valence-electron chi connectivity index (χ0n) is 11.7. The van der Waals surface area contributed by atoms with Gasteiger partial charge in [0.15, 0.2) is 0 Å². The molecule has 1 aliphatic heterocycles. The largest absolute Gasteiger partial charge is 0.495 e. The quantitative estimate of drug-likeness (QED) is 0.795. The van der Waals surface area contributed by atoms with Gasteiger partial charge in [-0.15, -0.1) is 0 Å². The maximum atomic E-state index is 12.4. The van der Waals surface area contributed by atoms with E-state index in [1.165, 1.54) is 19.2 Å². The standard InChI is InChI=1S/C13H20N2O4S/c1-13(6-3-7-19-13)9-15-20(16,17)12-8-10(14)4-5-11(12)18-2/h4-5,8,15H,3,6-7,9,14H2,1-2H3. The molecule has 1 fully saturated rings. The maximum Gasteiger partial charge on any atom is 0.244 e. The van der Waals surface area contributed by atoms with Gasteiger partial charge in [0.2, 0.25) is 10.0 Å². The highest BCUT2D eigenvalue weighted by molar-refractivity contribution is 7.89. The summed E-state index contributed by atoms with van der Waals surface area (Å²) < 4.78 is 37.9. The second-order valence-electron chi connectivity index (χ2n) is 5.14. The number of hydrogen-bond donors (Lipinski definition) is 2. The van der Waals surface area contributed by atoms with Crippen LogP contribution >= 0.6 is 0 Å². The second-order valence-corrected chi connectivity index (χ2v) is 6.87. The molecule has 1 saturated heterocycles. The van der Waals surface area contributed by atoms with E-state index in [0.717, 1.165) is 12.8 Å². The number of nitrogens with two attached hydrogens (primary N) is 1. The molecule has 2 rings (SSSR count). The zero-order valence-corrected chi connectivity index (χ0v) is 12.5. The van der Waals surface area contributed by atoms with Gasteiger partial charge in [-0.1, -0.05) is 0 Å². The Labute approximate surface area is 119 Å². The summed E-state index contributed by atoms with van der Waals surface area (Å²) in [6, 6.07) is 4.52. The number of rotatable bonds is 5. The van der Waals surface area contributed by atoms with E-state index in [-0.39, 0.29) is 17.2 Å². The summed E-state index contributed by atoms with van der Waals surface area (Å²) in [4.78, 5) is 0.0431. The molecule has 6 nitrogen and oxygen atoms in total. The lowest BCUT2D eigenvalue weighted by atomic mass is 10.0. The number of anilines is 1. The van der Waals surface area contributed by atoms with Crippen LogP contribution < -0.4 is 15.2 Å². The molecule has 1 aromatic rings. The fourth-order valence-electron chi connectivity index (χ4n) is 2.20. The first kappa shape index (κ1) is 15.1. The van der Waals surface area contributed by atoms with Crippen molar-refractivity contribution in [2.45, 2.75) is 30.3 Å². The van der Waals surface area contributed by atoms with Crippen molar-refractivity contribution in [3.05, 3.63) is 18.2 Å². The van der Waals surface area contributed by atoms with E-state index in [4.69, 9.17) is 15.2 Å². The minimum absolute atomic E-state index is 0.0431. The van der Waals surface area contributed by atoms with E-state index in [0.29, 0.717) is 12.3 Å². The first-order valence-corrected chi connectivity index (χ1v) is 7.92. The number of hydrogen-bond acceptors (Lipinski definition) is 5. The molecule has 3 N–H and O–H groups in total. The smallest absolute Gasteiger partial charge is 0.244 e. The lowest BCUT2D eigenvalue weighted by Crippen LogP contribution is -2.40. The van der Waals surface area contributed by atoms with Crippen molar-refractivity contribution >= 4 is 15.7 Å². The second kappa shape index (κ2) is 5.59. The molecule has 1 aliphatic rings. The number of sulfonamides is 1. The van der Waals surface area contributed by atoms with Crippen molar-refractivity contribution in [1.82, 2.24) is 4.72 Å². The summed E-state index contributed by atoms with van der Waals surface area (Å²) in [5, 5.41) is 0. The molecule has 0 spiro atoms. The maximum absolute atomic E-state index is 12.4. The van der Waals surface area contributed by atoms with Gasteiger partial charge in [0.1, 0.15) is 10.6 Å². The van der Waals surface area contributed by atoms with Crippen LogP contribution in [0, 0.1) is 0 Å². The minimum atomic E-state index is -3.69. The van der Waals surface area contributed by atoms with Crippen LogP contribution in [0.4, 0.5) is 5.69 Å². The summed E-state index contributed by atoms with van der Waals surface area (Å²) in [5.74, 6) is 0.268. The number of nitrogens with one attached hydrogen (secondary N) is 1. The molecule has 20 heavy (non-hydrogen) atoms. The Morgan fingerprint density at radius 1 is 1.50 bits per heavy atom. The fraction of sp³-hybridized carbons (Fsp3) is 0.538. The number of methoxy groups -OCH3 is 1. The summed E-state index contributed by atoms with van der Waals surface area (Å²) in [6.07, 6.45) is 1.78. The topological polar surface area (TPSA) is 90.7 Å². The molecule has 0 aliphatic carbocycles. The lowest BCUT2D eigenvalue weighted by molar-refractivity contribution is 0.0250. The van der Waals surface area contributed by atoms with E-state index in [1.807, 2.05) is 6.92 Å². The average molecular weight is 300 g/mol. The first-order chi connectivity index (χ1) is 9.36. The highest BCUT2D eigenvalue weighted by atomic mass is 32.2. The molecule has 1 atom stereocenters. The van der Waals surface area contributed by atoms with Crippen LogP contribution in [0.25, 0.3) is 0 Å². The number of nitrogen functional groups attached to an aromatic ring is 1. The molecule has 0 bridgehead atoms. The van der Waals surface area contributed by atoms with Crippen molar-refractivity contribution in [3.8, 4) is 5.75 Å². The Balaban J connectivity index is 2.20. The van der Waals surface area contributed by atoms with E-state index >= 15 is 0 Å². The average Bonchev–Trinajstić information content (AvgIpc) is 2.84. The summed E-state index contributed by atoms with van der Waals surface area (Å²) in [7, 11) is -2.26. The van der Waals surface area contributed by atoms with Crippen LogP contribution in [0.1, 0.15) is 19.8 Å². The van der Waals surface area contributed by atoms with E-state index in [2.05, 4.69) is 4.72 Å². The van der Waals surface area contributed by atoms with Gasteiger partial charge >= 0.3 is 0 Å². The van der Waals surface area contributed by atoms with E-state index in [9.17, 15) is 8.42 Å². The third-order valence-corrected chi connectivity index (χ3v) is 4.84. The SMILES string of the molecule is COc1ccc(N)cc1S(=O)(=O)NCC1(C)CCCO1. The van der Waals surface area contributed by atoms with Crippen molar-refractivity contribution in [1.29, 1.82) is 0 Å². The molecule has 1 unspecified atom stereocenters. The normalized spacial score (nSPS) is 22.9. The molecule has 0 radical (unpaired) electrons. The molecule has 1 aromatic carbocycles. The predicted octanol–water partition coefficient (Wildman–Crippen LogP) is 1.12. The van der Waals surface area contributed by atoms with Gasteiger partial charge in [-0.05, 0) is 38.0 Å². The van der Waals surface area contributed by atoms with Gasteiger partial charge in [0.25, 0.3) is 0 Å². The molecule has 0 aromatic heterocycles. The van der Waals surface area contributed by atoms with E-state index < -0.39 is 15.6 Å². The third kappa shape index (κ3) is 3.23. The Bertz CT molecular complexity index is 580. The number of benzene rings is 1. The van der Waals surface area contributed by atoms with Crippen LogP contribution in [-0.2, 0) is 14.8 Å². The van der Waals surface area contributed by atoms with Gasteiger partial charge < -0.3 is 15.2 Å². The van der Waals surface area contributed by atoms with E-state index in [1.54, 1.807) is 6.07 Å². The van der Waals surface area contributed by atoms with Crippen LogP contribution in [0.2, 0.25) is 0 Å². The lowest BCUT2D eigenvalue weighted by Gasteiger charge is -2.23. The fourth-order valence-corrected chi connectivity index (χ4v) is 3.56. The van der Waals surface area contributed by atoms with Gasteiger partial charge in [0.05, 0.1) is 12.7 Å². The summed E-state index contributed by atoms with van der Waals surface area (Å²) in [6.45, 7) is 2.80. The summed E-state index contributed by atoms with van der Waals surface area (Å²) >= 11 is 0. The molecule has 0 saturated carbocycles. The zero-order chi connectivity index (χ0) is 14.8. The highest BCUT2D eigenvalue weighted by Crippen LogP contribution is 2.28. The van der Waals surface area contributed by atoms with Crippen LogP contribution in [0.5, 0.6) is 5.75 Å². The van der Waals surface area contributed by atoms with Crippen molar-refractivity contribution < 1.29 is 17.9 Å². The Morgan fingerprint density at radius 2 is 2.25 bits per heavy atom. The molecule has 1 heterocycles. The predicted molar refractivity (Wildman–Crippen MR) is 76.2 cm³/mol. The van der Waals surface area contributed by atoms with Crippen LogP contribution in [0.15, 0.2) is 23.1 Å². The Hall–Kier alpha value is -1.31. The van der Waals surface area contributed by atoms with Crippen molar-refractivity contribution in [2.24, 2.45) is 0 Å². The van der Waals surface area contributed by atoms with Gasteiger partial charge in [-0.25, -0.2) is 13.1 Å².